The topological polar surface area (TPSA) is 72.8 Å². The Morgan fingerprint density at radius 3 is 2.76 bits per heavy atom. The van der Waals surface area contributed by atoms with Crippen LogP contribution in [-0.4, -0.2) is 36.7 Å². The number of allylic oxidation sites excluding steroid dienone is 2. The van der Waals surface area contributed by atoms with Gasteiger partial charge >= 0.3 is 5.97 Å². The van der Waals surface area contributed by atoms with Gasteiger partial charge in [0.2, 0.25) is 0 Å². The molecule has 0 heterocycles. The molecule has 1 aliphatic carbocycles. The quantitative estimate of drug-likeness (QED) is 0.423. The number of hydrogen-bond donors (Lipinski definition) is 1. The second kappa shape index (κ2) is 9.99. The van der Waals surface area contributed by atoms with Gasteiger partial charge in [0.15, 0.2) is 0 Å². The molecular formula is C20H26O5. The first-order valence-electron chi connectivity index (χ1n) is 8.72. The number of rotatable bonds is 9. The molecule has 1 fully saturated rings. The Morgan fingerprint density at radius 1 is 1.28 bits per heavy atom. The summed E-state index contributed by atoms with van der Waals surface area (Å²) in [6.45, 7) is 0.331. The average molecular weight is 346 g/mol. The predicted molar refractivity (Wildman–Crippen MR) is 94.2 cm³/mol. The van der Waals surface area contributed by atoms with Gasteiger partial charge in [-0.1, -0.05) is 30.4 Å². The van der Waals surface area contributed by atoms with Crippen molar-refractivity contribution < 1.29 is 24.2 Å². The van der Waals surface area contributed by atoms with Gasteiger partial charge in [-0.25, -0.2) is 0 Å². The summed E-state index contributed by atoms with van der Waals surface area (Å²) in [7, 11) is 1.38. The summed E-state index contributed by atoms with van der Waals surface area (Å²) in [6.07, 6.45) is 5.99. The molecule has 5 heteroatoms. The number of ketones is 1. The second-order valence-corrected chi connectivity index (χ2v) is 6.31. The van der Waals surface area contributed by atoms with Crippen LogP contribution in [0, 0.1) is 11.8 Å². The largest absolute Gasteiger partial charge is 0.493 e. The van der Waals surface area contributed by atoms with Crippen LogP contribution in [0.1, 0.15) is 32.1 Å². The number of para-hydroxylation sites is 1. The number of ether oxygens (including phenoxy) is 2. The lowest BCUT2D eigenvalue weighted by molar-refractivity contribution is -0.140. The highest BCUT2D eigenvalue weighted by Gasteiger charge is 2.41. The van der Waals surface area contributed by atoms with E-state index in [1.165, 1.54) is 7.11 Å². The molecular weight excluding hydrogens is 320 g/mol. The first-order chi connectivity index (χ1) is 12.1. The average Bonchev–Trinajstić information content (AvgIpc) is 2.89. The normalized spacial score (nSPS) is 23.1. The minimum absolute atomic E-state index is 0.0911. The SMILES string of the molecule is COC(=O)CCC/C=C\C[C@H]1C(=O)CC(O)C1COc1ccccc1. The molecule has 0 bridgehead atoms. The number of Topliss-reactive ketones (excluding diaryl/α,β-unsaturated/α-hetero) is 1. The van der Waals surface area contributed by atoms with E-state index in [0.29, 0.717) is 19.4 Å². The molecule has 0 amide bonds. The minimum Gasteiger partial charge on any atom is -0.493 e. The summed E-state index contributed by atoms with van der Waals surface area (Å²) in [4.78, 5) is 23.2. The molecule has 0 aromatic heterocycles. The van der Waals surface area contributed by atoms with Gasteiger partial charge < -0.3 is 14.6 Å². The number of hydrogen-bond acceptors (Lipinski definition) is 5. The molecule has 3 atom stereocenters. The molecule has 2 unspecified atom stereocenters. The van der Waals surface area contributed by atoms with Crippen LogP contribution in [0.15, 0.2) is 42.5 Å². The van der Waals surface area contributed by atoms with E-state index in [2.05, 4.69) is 4.74 Å². The van der Waals surface area contributed by atoms with E-state index in [9.17, 15) is 14.7 Å². The minimum atomic E-state index is -0.645. The monoisotopic (exact) mass is 346 g/mol. The number of unbranched alkanes of at least 4 members (excludes halogenated alkanes) is 1. The fourth-order valence-corrected chi connectivity index (χ4v) is 3.09. The Hall–Kier alpha value is -2.14. The first kappa shape index (κ1) is 19.2. The highest BCUT2D eigenvalue weighted by Crippen LogP contribution is 2.32. The Kier molecular flexibility index (Phi) is 7.67. The van der Waals surface area contributed by atoms with Crippen molar-refractivity contribution in [3.8, 4) is 5.75 Å². The standard InChI is InChI=1S/C20H26O5/c1-24-20(23)12-8-3-2-7-11-16-17(19(22)13-18(16)21)14-25-15-9-5-4-6-10-15/h2,4-7,9-10,16-17,19,22H,3,8,11-14H2,1H3/b7-2-/t16-,17?,19?/m1/s1. The molecule has 1 aromatic carbocycles. The van der Waals surface area contributed by atoms with Crippen molar-refractivity contribution in [2.24, 2.45) is 11.8 Å². The van der Waals surface area contributed by atoms with E-state index in [1.807, 2.05) is 42.5 Å². The Labute approximate surface area is 148 Å². The van der Waals surface area contributed by atoms with Gasteiger partial charge in [0.05, 0.1) is 19.8 Å². The third-order valence-electron chi connectivity index (χ3n) is 4.56. The third kappa shape index (κ3) is 6.02. The van der Waals surface area contributed by atoms with Gasteiger partial charge in [-0.15, -0.1) is 0 Å². The number of aliphatic hydroxyl groups excluding tert-OH is 1. The second-order valence-electron chi connectivity index (χ2n) is 6.31. The smallest absolute Gasteiger partial charge is 0.305 e. The number of aliphatic hydroxyl groups is 1. The predicted octanol–water partition coefficient (Wildman–Crippen LogP) is 2.92. The molecule has 0 aliphatic heterocycles. The molecule has 136 valence electrons. The van der Waals surface area contributed by atoms with E-state index < -0.39 is 6.10 Å². The molecule has 5 nitrogen and oxygen atoms in total. The lowest BCUT2D eigenvalue weighted by Gasteiger charge is -2.20. The zero-order valence-corrected chi connectivity index (χ0v) is 14.6. The van der Waals surface area contributed by atoms with E-state index >= 15 is 0 Å². The van der Waals surface area contributed by atoms with Crippen molar-refractivity contribution in [3.63, 3.8) is 0 Å². The van der Waals surface area contributed by atoms with Gasteiger partial charge in [0, 0.05) is 24.7 Å². The number of benzene rings is 1. The summed E-state index contributed by atoms with van der Waals surface area (Å²) in [5, 5.41) is 10.2. The molecule has 0 radical (unpaired) electrons. The maximum atomic E-state index is 12.1. The number of carbonyl (C=O) groups excluding carboxylic acids is 2. The molecule has 1 aromatic rings. The fraction of sp³-hybridized carbons (Fsp3) is 0.500. The van der Waals surface area contributed by atoms with Crippen LogP contribution >= 0.6 is 0 Å². The number of methoxy groups -OCH3 is 1. The van der Waals surface area contributed by atoms with Crippen molar-refractivity contribution in [1.29, 1.82) is 0 Å². The molecule has 1 saturated carbocycles. The summed E-state index contributed by atoms with van der Waals surface area (Å²) >= 11 is 0. The van der Waals surface area contributed by atoms with Gasteiger partial charge in [-0.05, 0) is 31.4 Å². The van der Waals surface area contributed by atoms with Crippen molar-refractivity contribution in [2.45, 2.75) is 38.2 Å². The van der Waals surface area contributed by atoms with Crippen LogP contribution in [0.25, 0.3) is 0 Å². The highest BCUT2D eigenvalue weighted by molar-refractivity contribution is 5.84. The van der Waals surface area contributed by atoms with E-state index in [1.54, 1.807) is 0 Å². The number of esters is 1. The van der Waals surface area contributed by atoms with E-state index in [0.717, 1.165) is 18.6 Å². The Bertz CT molecular complexity index is 581. The van der Waals surface area contributed by atoms with Crippen molar-refractivity contribution >= 4 is 11.8 Å². The summed E-state index contributed by atoms with van der Waals surface area (Å²) in [5.74, 6) is 0.225. The van der Waals surface area contributed by atoms with Crippen molar-refractivity contribution in [2.75, 3.05) is 13.7 Å². The van der Waals surface area contributed by atoms with Gasteiger partial charge in [0.25, 0.3) is 0 Å². The zero-order valence-electron chi connectivity index (χ0n) is 14.6. The van der Waals surface area contributed by atoms with Gasteiger partial charge in [0.1, 0.15) is 11.5 Å². The van der Waals surface area contributed by atoms with Crippen LogP contribution < -0.4 is 4.74 Å². The maximum Gasteiger partial charge on any atom is 0.305 e. The van der Waals surface area contributed by atoms with E-state index in [4.69, 9.17) is 4.74 Å². The van der Waals surface area contributed by atoms with E-state index in [-0.39, 0.29) is 30.0 Å². The third-order valence-corrected chi connectivity index (χ3v) is 4.56. The van der Waals surface area contributed by atoms with Gasteiger partial charge in [-0.2, -0.15) is 0 Å². The molecule has 2 rings (SSSR count). The zero-order chi connectivity index (χ0) is 18.1. The fourth-order valence-electron chi connectivity index (χ4n) is 3.09. The van der Waals surface area contributed by atoms with Gasteiger partial charge in [-0.3, -0.25) is 9.59 Å². The summed E-state index contributed by atoms with van der Waals surface area (Å²) in [5.41, 5.74) is 0. The van der Waals surface area contributed by atoms with Crippen LogP contribution in [0.5, 0.6) is 5.75 Å². The van der Waals surface area contributed by atoms with Crippen LogP contribution in [0.2, 0.25) is 0 Å². The van der Waals surface area contributed by atoms with Crippen LogP contribution in [0.4, 0.5) is 0 Å². The van der Waals surface area contributed by atoms with Crippen LogP contribution in [-0.2, 0) is 14.3 Å². The first-order valence-corrected chi connectivity index (χ1v) is 8.72. The van der Waals surface area contributed by atoms with Crippen molar-refractivity contribution in [3.05, 3.63) is 42.5 Å². The van der Waals surface area contributed by atoms with Crippen molar-refractivity contribution in [1.82, 2.24) is 0 Å². The molecule has 1 aliphatic rings. The maximum absolute atomic E-state index is 12.1. The highest BCUT2D eigenvalue weighted by atomic mass is 16.5. The lowest BCUT2D eigenvalue weighted by Crippen LogP contribution is -2.26. The number of carbonyl (C=O) groups is 2. The molecule has 25 heavy (non-hydrogen) atoms. The Balaban J connectivity index is 1.80. The molecule has 0 saturated heterocycles. The molecule has 1 N–H and O–H groups in total. The van der Waals surface area contributed by atoms with Crippen LogP contribution in [0.3, 0.4) is 0 Å². The summed E-state index contributed by atoms with van der Waals surface area (Å²) in [6, 6.07) is 9.41. The summed E-state index contributed by atoms with van der Waals surface area (Å²) < 4.78 is 10.3. The molecule has 0 spiro atoms. The lowest BCUT2D eigenvalue weighted by atomic mass is 9.91. The Morgan fingerprint density at radius 2 is 2.04 bits per heavy atom.